The van der Waals surface area contributed by atoms with Gasteiger partial charge in [0.25, 0.3) is 0 Å². The lowest BCUT2D eigenvalue weighted by Gasteiger charge is -2.26. The topological polar surface area (TPSA) is 70.1 Å². The summed E-state index contributed by atoms with van der Waals surface area (Å²) in [6.45, 7) is 3.78. The van der Waals surface area contributed by atoms with E-state index >= 15 is 0 Å². The van der Waals surface area contributed by atoms with Gasteiger partial charge in [-0.15, -0.1) is 0 Å². The van der Waals surface area contributed by atoms with Gasteiger partial charge in [-0.1, -0.05) is 12.8 Å². The first-order chi connectivity index (χ1) is 11.0. The van der Waals surface area contributed by atoms with E-state index in [1.807, 2.05) is 0 Å². The number of methoxy groups -OCH3 is 1. The van der Waals surface area contributed by atoms with Gasteiger partial charge in [-0.3, -0.25) is 9.59 Å². The molecule has 2 heterocycles. The summed E-state index contributed by atoms with van der Waals surface area (Å²) in [6, 6.07) is 0. The number of hydrogen-bond donors (Lipinski definition) is 1. The number of likely N-dealkylation sites (tertiary alicyclic amines) is 2. The van der Waals surface area contributed by atoms with Gasteiger partial charge < -0.3 is 19.6 Å². The van der Waals surface area contributed by atoms with Gasteiger partial charge in [-0.25, -0.2) is 0 Å². The van der Waals surface area contributed by atoms with E-state index in [4.69, 9.17) is 4.74 Å². The highest BCUT2D eigenvalue weighted by atomic mass is 16.5. The summed E-state index contributed by atoms with van der Waals surface area (Å²) in [5.41, 5.74) is -0.763. The Labute approximate surface area is 137 Å². The predicted molar refractivity (Wildman–Crippen MR) is 85.0 cm³/mol. The summed E-state index contributed by atoms with van der Waals surface area (Å²) in [5.74, 6) is 0.0784. The van der Waals surface area contributed by atoms with Crippen molar-refractivity contribution in [3.8, 4) is 0 Å². The number of fused-ring (bicyclic) bond motifs is 1. The molecule has 130 valence electrons. The molecule has 0 spiro atoms. The second-order valence-corrected chi connectivity index (χ2v) is 7.52. The number of carbonyl (C=O) groups is 2. The van der Waals surface area contributed by atoms with Crippen molar-refractivity contribution in [2.75, 3.05) is 46.4 Å². The van der Waals surface area contributed by atoms with Gasteiger partial charge in [0.15, 0.2) is 0 Å². The minimum Gasteiger partial charge on any atom is -0.481 e. The Bertz CT molecular complexity index is 464. The van der Waals surface area contributed by atoms with Gasteiger partial charge in [0, 0.05) is 45.8 Å². The van der Waals surface area contributed by atoms with Crippen LogP contribution in [-0.2, 0) is 14.3 Å². The number of hydrogen-bond acceptors (Lipinski definition) is 4. The molecule has 6 nitrogen and oxygen atoms in total. The van der Waals surface area contributed by atoms with Crippen LogP contribution in [0.15, 0.2) is 0 Å². The van der Waals surface area contributed by atoms with Crippen LogP contribution >= 0.6 is 0 Å². The van der Waals surface area contributed by atoms with Crippen LogP contribution in [0.2, 0.25) is 0 Å². The van der Waals surface area contributed by atoms with E-state index in [1.165, 1.54) is 25.7 Å². The maximum Gasteiger partial charge on any atom is 0.313 e. The second kappa shape index (κ2) is 6.77. The van der Waals surface area contributed by atoms with Crippen LogP contribution in [0, 0.1) is 17.3 Å². The van der Waals surface area contributed by atoms with Gasteiger partial charge in [0.2, 0.25) is 5.91 Å². The summed E-state index contributed by atoms with van der Waals surface area (Å²) >= 11 is 0. The Morgan fingerprint density at radius 2 is 1.96 bits per heavy atom. The Kier molecular flexibility index (Phi) is 4.92. The van der Waals surface area contributed by atoms with E-state index in [1.54, 1.807) is 12.0 Å². The normalized spacial score (nSPS) is 31.7. The quantitative estimate of drug-likeness (QED) is 0.791. The molecule has 0 aromatic rings. The van der Waals surface area contributed by atoms with Crippen molar-refractivity contribution in [1.82, 2.24) is 9.80 Å². The summed E-state index contributed by atoms with van der Waals surface area (Å²) in [7, 11) is 1.58. The minimum absolute atomic E-state index is 0.0178. The summed E-state index contributed by atoms with van der Waals surface area (Å²) in [4.78, 5) is 28.3. The zero-order valence-electron chi connectivity index (χ0n) is 14.0. The predicted octanol–water partition coefficient (Wildman–Crippen LogP) is 1.06. The van der Waals surface area contributed by atoms with Crippen LogP contribution in [-0.4, -0.2) is 73.2 Å². The number of carboxylic acids is 1. The SMILES string of the molecule is COCCC(=O)N1C[C@@H]2CN(CC3CCCC3)C[C@]2(C(=O)O)C1. The number of carbonyl (C=O) groups excluding carboxylic acids is 1. The monoisotopic (exact) mass is 324 g/mol. The van der Waals surface area contributed by atoms with E-state index in [0.29, 0.717) is 32.7 Å². The molecule has 0 bridgehead atoms. The van der Waals surface area contributed by atoms with Crippen molar-refractivity contribution < 1.29 is 19.4 Å². The Balaban J connectivity index is 1.62. The van der Waals surface area contributed by atoms with E-state index in [-0.39, 0.29) is 11.8 Å². The van der Waals surface area contributed by atoms with Crippen LogP contribution in [0.4, 0.5) is 0 Å². The van der Waals surface area contributed by atoms with Crippen LogP contribution in [0.1, 0.15) is 32.1 Å². The summed E-state index contributed by atoms with van der Waals surface area (Å²) < 4.78 is 4.96. The highest BCUT2D eigenvalue weighted by Gasteiger charge is 2.58. The molecule has 3 rings (SSSR count). The molecule has 0 aromatic heterocycles. The van der Waals surface area contributed by atoms with E-state index in [2.05, 4.69) is 4.90 Å². The molecule has 1 saturated carbocycles. The molecule has 3 fully saturated rings. The zero-order chi connectivity index (χ0) is 16.4. The number of amides is 1. The fourth-order valence-electron chi connectivity index (χ4n) is 4.71. The standard InChI is InChI=1S/C17H28N2O4/c1-23-7-6-15(20)19-10-14-9-18(8-13-4-2-3-5-13)11-17(14,12-19)16(21)22/h13-14H,2-12H2,1H3,(H,21,22)/t14-,17-/m0/s1. The molecule has 0 unspecified atom stereocenters. The molecule has 1 amide bonds. The fraction of sp³-hybridized carbons (Fsp3) is 0.882. The third kappa shape index (κ3) is 3.24. The number of ether oxygens (including phenoxy) is 1. The van der Waals surface area contributed by atoms with Gasteiger partial charge in [0.1, 0.15) is 5.41 Å². The molecular weight excluding hydrogens is 296 g/mol. The maximum absolute atomic E-state index is 12.2. The molecular formula is C17H28N2O4. The van der Waals surface area contributed by atoms with E-state index < -0.39 is 11.4 Å². The first kappa shape index (κ1) is 16.7. The average Bonchev–Trinajstić information content (AvgIpc) is 3.19. The molecule has 2 saturated heterocycles. The Hall–Kier alpha value is -1.14. The molecule has 0 radical (unpaired) electrons. The van der Waals surface area contributed by atoms with Crippen LogP contribution < -0.4 is 0 Å². The summed E-state index contributed by atoms with van der Waals surface area (Å²) in [6.07, 6.45) is 5.53. The lowest BCUT2D eigenvalue weighted by Crippen LogP contribution is -2.42. The van der Waals surface area contributed by atoms with Crippen molar-refractivity contribution in [2.45, 2.75) is 32.1 Å². The second-order valence-electron chi connectivity index (χ2n) is 7.52. The molecule has 2 aliphatic heterocycles. The van der Waals surface area contributed by atoms with Crippen molar-refractivity contribution in [3.05, 3.63) is 0 Å². The average molecular weight is 324 g/mol. The minimum atomic E-state index is -0.763. The molecule has 1 aliphatic carbocycles. The smallest absolute Gasteiger partial charge is 0.313 e. The molecule has 3 aliphatic rings. The van der Waals surface area contributed by atoms with Gasteiger partial charge in [-0.2, -0.15) is 0 Å². The van der Waals surface area contributed by atoms with Crippen molar-refractivity contribution in [2.24, 2.45) is 17.3 Å². The van der Waals surface area contributed by atoms with Crippen LogP contribution in [0.3, 0.4) is 0 Å². The molecule has 6 heteroatoms. The van der Waals surface area contributed by atoms with Gasteiger partial charge in [-0.05, 0) is 18.8 Å². The summed E-state index contributed by atoms with van der Waals surface area (Å²) in [5, 5.41) is 9.84. The first-order valence-corrected chi connectivity index (χ1v) is 8.77. The Morgan fingerprint density at radius 1 is 1.22 bits per heavy atom. The lowest BCUT2D eigenvalue weighted by molar-refractivity contribution is -0.149. The molecule has 1 N–H and O–H groups in total. The van der Waals surface area contributed by atoms with Crippen molar-refractivity contribution in [1.29, 1.82) is 0 Å². The van der Waals surface area contributed by atoms with Crippen LogP contribution in [0.5, 0.6) is 0 Å². The van der Waals surface area contributed by atoms with E-state index in [9.17, 15) is 14.7 Å². The first-order valence-electron chi connectivity index (χ1n) is 8.77. The number of carboxylic acid groups (broad SMARTS) is 1. The van der Waals surface area contributed by atoms with E-state index in [0.717, 1.165) is 19.0 Å². The number of aliphatic carboxylic acids is 1. The maximum atomic E-state index is 12.2. The van der Waals surface area contributed by atoms with Gasteiger partial charge in [0.05, 0.1) is 13.0 Å². The highest BCUT2D eigenvalue weighted by molar-refractivity contribution is 5.81. The molecule has 23 heavy (non-hydrogen) atoms. The molecule has 0 aromatic carbocycles. The number of rotatable bonds is 6. The highest BCUT2D eigenvalue weighted by Crippen LogP contribution is 2.43. The van der Waals surface area contributed by atoms with Crippen LogP contribution in [0.25, 0.3) is 0 Å². The van der Waals surface area contributed by atoms with Gasteiger partial charge >= 0.3 is 5.97 Å². The third-order valence-corrected chi connectivity index (χ3v) is 5.97. The lowest BCUT2D eigenvalue weighted by atomic mass is 9.81. The van der Waals surface area contributed by atoms with Crippen molar-refractivity contribution >= 4 is 11.9 Å². The fourth-order valence-corrected chi connectivity index (χ4v) is 4.71. The molecule has 2 atom stereocenters. The number of nitrogens with zero attached hydrogens (tertiary/aromatic N) is 2. The largest absolute Gasteiger partial charge is 0.481 e. The zero-order valence-corrected chi connectivity index (χ0v) is 14.0. The van der Waals surface area contributed by atoms with Crippen molar-refractivity contribution in [3.63, 3.8) is 0 Å². The third-order valence-electron chi connectivity index (χ3n) is 5.97. The Morgan fingerprint density at radius 3 is 2.57 bits per heavy atom.